The summed E-state index contributed by atoms with van der Waals surface area (Å²) in [6, 6.07) is 9.80. The average molecular weight is 400 g/mol. The van der Waals surface area contributed by atoms with Gasteiger partial charge in [0.1, 0.15) is 35.9 Å². The number of aromatic nitrogens is 6. The van der Waals surface area contributed by atoms with Crippen molar-refractivity contribution in [3.05, 3.63) is 59.9 Å². The lowest BCUT2D eigenvalue weighted by Gasteiger charge is -2.13. The summed E-state index contributed by atoms with van der Waals surface area (Å²) in [5.41, 5.74) is 11.3. The third-order valence-corrected chi connectivity index (χ3v) is 4.84. The molecule has 4 aromatic rings. The quantitative estimate of drug-likeness (QED) is 0.546. The second kappa shape index (κ2) is 7.67. The van der Waals surface area contributed by atoms with Crippen LogP contribution in [0.15, 0.2) is 43.1 Å². The Morgan fingerprint density at radius 3 is 2.70 bits per heavy atom. The van der Waals surface area contributed by atoms with E-state index in [-0.39, 0.29) is 5.82 Å². The van der Waals surface area contributed by atoms with Crippen LogP contribution in [0.25, 0.3) is 22.4 Å². The predicted octanol–water partition coefficient (Wildman–Crippen LogP) is 2.56. The van der Waals surface area contributed by atoms with Crippen molar-refractivity contribution < 1.29 is 4.74 Å². The van der Waals surface area contributed by atoms with Crippen molar-refractivity contribution in [1.82, 2.24) is 29.5 Å². The number of pyridine rings is 1. The summed E-state index contributed by atoms with van der Waals surface area (Å²) in [4.78, 5) is 8.43. The Hall–Kier alpha value is -4.19. The summed E-state index contributed by atoms with van der Waals surface area (Å²) in [7, 11) is 3.47. The fourth-order valence-electron chi connectivity index (χ4n) is 3.46. The minimum atomic E-state index is 0.182. The molecule has 0 saturated carbocycles. The molecular weight excluding hydrogens is 380 g/mol. The van der Waals surface area contributed by atoms with E-state index >= 15 is 0 Å². The zero-order valence-electron chi connectivity index (χ0n) is 16.9. The molecule has 0 atom stereocenters. The number of anilines is 1. The number of benzene rings is 1. The van der Waals surface area contributed by atoms with Crippen molar-refractivity contribution in [2.45, 2.75) is 13.5 Å². The van der Waals surface area contributed by atoms with Gasteiger partial charge >= 0.3 is 0 Å². The second-order valence-electron chi connectivity index (χ2n) is 6.85. The van der Waals surface area contributed by atoms with Gasteiger partial charge in [-0.25, -0.2) is 14.6 Å². The first-order valence-electron chi connectivity index (χ1n) is 9.21. The van der Waals surface area contributed by atoms with E-state index in [9.17, 15) is 5.26 Å². The number of ether oxygens (including phenoxy) is 1. The normalized spacial score (nSPS) is 10.7. The molecule has 9 heteroatoms. The number of methoxy groups -OCH3 is 1. The molecule has 0 aliphatic carbocycles. The molecule has 0 spiro atoms. The Kier molecular flexibility index (Phi) is 4.90. The van der Waals surface area contributed by atoms with E-state index in [0.29, 0.717) is 23.4 Å². The number of rotatable bonds is 5. The number of aryl methyl sites for hydroxylation is 2. The van der Waals surface area contributed by atoms with Gasteiger partial charge < -0.3 is 10.5 Å². The van der Waals surface area contributed by atoms with Crippen molar-refractivity contribution in [3.63, 3.8) is 0 Å². The minimum Gasteiger partial charge on any atom is -0.496 e. The lowest BCUT2D eigenvalue weighted by molar-refractivity contribution is 0.407. The predicted molar refractivity (Wildman–Crippen MR) is 111 cm³/mol. The maximum absolute atomic E-state index is 9.72. The maximum Gasteiger partial charge on any atom is 0.142 e. The first-order chi connectivity index (χ1) is 14.5. The number of nitrogen functional groups attached to an aromatic ring is 1. The van der Waals surface area contributed by atoms with Crippen LogP contribution in [-0.4, -0.2) is 36.6 Å². The lowest BCUT2D eigenvalue weighted by Crippen LogP contribution is -2.04. The number of hydrogen-bond donors (Lipinski definition) is 1. The van der Waals surface area contributed by atoms with Crippen LogP contribution in [0.3, 0.4) is 0 Å². The van der Waals surface area contributed by atoms with Gasteiger partial charge in [0.25, 0.3) is 0 Å². The third-order valence-electron chi connectivity index (χ3n) is 4.84. The first-order valence-corrected chi connectivity index (χ1v) is 9.21. The molecule has 0 fully saturated rings. The van der Waals surface area contributed by atoms with Crippen molar-refractivity contribution in [2.75, 3.05) is 12.8 Å². The summed E-state index contributed by atoms with van der Waals surface area (Å²) in [5.74, 6) is 0.903. The molecule has 0 aliphatic heterocycles. The SMILES string of the molecule is COc1ccc(-c2cc(-c3cn(C)nc3C)nc(N)c2C#N)cc1Cn1cncn1. The topological polar surface area (TPSA) is 120 Å². The van der Waals surface area contributed by atoms with E-state index < -0.39 is 0 Å². The summed E-state index contributed by atoms with van der Waals surface area (Å²) in [6.07, 6.45) is 5.01. The first kappa shape index (κ1) is 19.1. The van der Waals surface area contributed by atoms with Gasteiger partial charge in [0.2, 0.25) is 0 Å². The molecule has 0 saturated heterocycles. The molecule has 2 N–H and O–H groups in total. The zero-order valence-corrected chi connectivity index (χ0v) is 16.9. The monoisotopic (exact) mass is 400 g/mol. The highest BCUT2D eigenvalue weighted by atomic mass is 16.5. The Balaban J connectivity index is 1.87. The van der Waals surface area contributed by atoms with Gasteiger partial charge in [-0.15, -0.1) is 0 Å². The number of nitriles is 1. The lowest BCUT2D eigenvalue weighted by atomic mass is 9.96. The molecule has 0 aliphatic rings. The highest BCUT2D eigenvalue weighted by Crippen LogP contribution is 2.34. The van der Waals surface area contributed by atoms with E-state index in [0.717, 1.165) is 28.1 Å². The molecule has 3 heterocycles. The fraction of sp³-hybridized carbons (Fsp3) is 0.190. The van der Waals surface area contributed by atoms with Crippen molar-refractivity contribution in [3.8, 4) is 34.2 Å². The van der Waals surface area contributed by atoms with Gasteiger partial charge in [-0.1, -0.05) is 6.07 Å². The molecule has 0 bridgehead atoms. The smallest absolute Gasteiger partial charge is 0.142 e. The standard InChI is InChI=1S/C21H20N8O/c1-13-18(10-28(2)27-13)19-7-16(17(8-22)21(23)26-19)14-4-5-20(30-3)15(6-14)9-29-12-24-11-25-29/h4-7,10-12H,9H2,1-3H3,(H2,23,26). The molecule has 9 nitrogen and oxygen atoms in total. The molecule has 1 aromatic carbocycles. The molecule has 150 valence electrons. The van der Waals surface area contributed by atoms with E-state index in [2.05, 4.69) is 26.2 Å². The van der Waals surface area contributed by atoms with Gasteiger partial charge in [0, 0.05) is 29.9 Å². The third kappa shape index (κ3) is 3.46. The Labute approximate surface area is 173 Å². The van der Waals surface area contributed by atoms with Crippen LogP contribution >= 0.6 is 0 Å². The molecule has 0 amide bonds. The van der Waals surface area contributed by atoms with Crippen molar-refractivity contribution in [1.29, 1.82) is 5.26 Å². The van der Waals surface area contributed by atoms with Crippen LogP contribution in [0.4, 0.5) is 5.82 Å². The van der Waals surface area contributed by atoms with Crippen molar-refractivity contribution >= 4 is 5.82 Å². The molecule has 30 heavy (non-hydrogen) atoms. The molecule has 0 unspecified atom stereocenters. The van der Waals surface area contributed by atoms with Crippen molar-refractivity contribution in [2.24, 2.45) is 7.05 Å². The fourth-order valence-corrected chi connectivity index (χ4v) is 3.46. The molecular formula is C21H20N8O. The van der Waals surface area contributed by atoms with Gasteiger partial charge in [-0.3, -0.25) is 4.68 Å². The van der Waals surface area contributed by atoms with Crippen LogP contribution in [-0.2, 0) is 13.6 Å². The van der Waals surface area contributed by atoms with Gasteiger partial charge in [-0.2, -0.15) is 15.5 Å². The second-order valence-corrected chi connectivity index (χ2v) is 6.85. The van der Waals surface area contributed by atoms with Crippen LogP contribution in [0.2, 0.25) is 0 Å². The summed E-state index contributed by atoms with van der Waals surface area (Å²) in [6.45, 7) is 2.39. The number of hydrogen-bond acceptors (Lipinski definition) is 7. The van der Waals surface area contributed by atoms with E-state index in [1.807, 2.05) is 44.4 Å². The van der Waals surface area contributed by atoms with Gasteiger partial charge in [-0.05, 0) is 30.7 Å². The number of nitrogens with zero attached hydrogens (tertiary/aromatic N) is 7. The van der Waals surface area contributed by atoms with E-state index in [4.69, 9.17) is 10.5 Å². The maximum atomic E-state index is 9.72. The molecule has 0 radical (unpaired) electrons. The summed E-state index contributed by atoms with van der Waals surface area (Å²) >= 11 is 0. The highest BCUT2D eigenvalue weighted by molar-refractivity contribution is 5.81. The largest absolute Gasteiger partial charge is 0.496 e. The Morgan fingerprint density at radius 2 is 2.07 bits per heavy atom. The number of nitrogens with two attached hydrogens (primary N) is 1. The Morgan fingerprint density at radius 1 is 1.23 bits per heavy atom. The Bertz CT molecular complexity index is 1250. The van der Waals surface area contributed by atoms with Crippen LogP contribution in [0, 0.1) is 18.3 Å². The van der Waals surface area contributed by atoms with Gasteiger partial charge in [0.15, 0.2) is 0 Å². The minimum absolute atomic E-state index is 0.182. The summed E-state index contributed by atoms with van der Waals surface area (Å²) < 4.78 is 8.93. The molecule has 3 aromatic heterocycles. The highest BCUT2D eigenvalue weighted by Gasteiger charge is 2.17. The van der Waals surface area contributed by atoms with Crippen LogP contribution in [0.5, 0.6) is 5.75 Å². The summed E-state index contributed by atoms with van der Waals surface area (Å²) in [5, 5.41) is 18.3. The van der Waals surface area contributed by atoms with E-state index in [1.165, 1.54) is 6.33 Å². The average Bonchev–Trinajstić information content (AvgIpc) is 3.36. The van der Waals surface area contributed by atoms with Crippen LogP contribution < -0.4 is 10.5 Å². The van der Waals surface area contributed by atoms with E-state index in [1.54, 1.807) is 22.8 Å². The van der Waals surface area contributed by atoms with Gasteiger partial charge in [0.05, 0.1) is 25.0 Å². The molecule has 4 rings (SSSR count). The zero-order chi connectivity index (χ0) is 21.3. The van der Waals surface area contributed by atoms with Crippen LogP contribution in [0.1, 0.15) is 16.8 Å².